The highest BCUT2D eigenvalue weighted by molar-refractivity contribution is 5.26. The summed E-state index contributed by atoms with van der Waals surface area (Å²) in [5, 5.41) is 0. The van der Waals surface area contributed by atoms with Crippen LogP contribution in [0.25, 0.3) is 0 Å². The fourth-order valence-corrected chi connectivity index (χ4v) is 0.943. The van der Waals surface area contributed by atoms with Crippen LogP contribution in [0.4, 0.5) is 0 Å². The fourth-order valence-electron chi connectivity index (χ4n) is 0.943. The molecule has 0 amide bonds. The molecule has 0 spiro atoms. The Labute approximate surface area is 72.3 Å². The second kappa shape index (κ2) is 4.72. The molecule has 0 saturated heterocycles. The third-order valence-corrected chi connectivity index (χ3v) is 1.52. The maximum atomic E-state index is 5.29. The third kappa shape index (κ3) is 2.20. The first kappa shape index (κ1) is 9.00. The zero-order valence-corrected chi connectivity index (χ0v) is 7.41. The fraction of sp³-hybridized carbons (Fsp3) is 0.444. The predicted molar refractivity (Wildman–Crippen MR) is 46.1 cm³/mol. The molecule has 1 heterocycles. The van der Waals surface area contributed by atoms with Crippen LogP contribution >= 0.6 is 0 Å². The molecule has 0 aromatic carbocycles. The molecule has 12 heavy (non-hydrogen) atoms. The first-order valence-electron chi connectivity index (χ1n) is 3.94. The van der Waals surface area contributed by atoms with Gasteiger partial charge in [-0.05, 0) is 18.6 Å². The SMILES string of the molecule is CCc1ncccc1OCOC. The van der Waals surface area contributed by atoms with Crippen LogP contribution in [0, 0.1) is 0 Å². The Kier molecular flexibility index (Phi) is 3.54. The highest BCUT2D eigenvalue weighted by Gasteiger charge is 2.00. The second-order valence-corrected chi connectivity index (χ2v) is 2.35. The first-order valence-corrected chi connectivity index (χ1v) is 3.94. The topological polar surface area (TPSA) is 31.4 Å². The van der Waals surface area contributed by atoms with Gasteiger partial charge in [0.1, 0.15) is 5.75 Å². The molecule has 0 N–H and O–H groups in total. The lowest BCUT2D eigenvalue weighted by Gasteiger charge is -2.07. The van der Waals surface area contributed by atoms with Gasteiger partial charge >= 0.3 is 0 Å². The number of hydrogen-bond acceptors (Lipinski definition) is 3. The van der Waals surface area contributed by atoms with Gasteiger partial charge in [-0.2, -0.15) is 0 Å². The maximum Gasteiger partial charge on any atom is 0.188 e. The van der Waals surface area contributed by atoms with Crippen LogP contribution in [0.1, 0.15) is 12.6 Å². The minimum atomic E-state index is 0.276. The molecule has 0 atom stereocenters. The quantitative estimate of drug-likeness (QED) is 0.638. The lowest BCUT2D eigenvalue weighted by Crippen LogP contribution is -2.02. The normalized spacial score (nSPS) is 9.83. The molecule has 1 aromatic heterocycles. The molecule has 0 bridgehead atoms. The monoisotopic (exact) mass is 167 g/mol. The second-order valence-electron chi connectivity index (χ2n) is 2.35. The Bertz CT molecular complexity index is 238. The molecule has 0 aliphatic carbocycles. The number of aryl methyl sites for hydroxylation is 1. The van der Waals surface area contributed by atoms with Crippen LogP contribution in [-0.4, -0.2) is 18.9 Å². The van der Waals surface area contributed by atoms with Crippen molar-refractivity contribution in [3.63, 3.8) is 0 Å². The summed E-state index contributed by atoms with van der Waals surface area (Å²) < 4.78 is 10.1. The van der Waals surface area contributed by atoms with Gasteiger partial charge in [-0.25, -0.2) is 0 Å². The van der Waals surface area contributed by atoms with Crippen molar-refractivity contribution in [2.45, 2.75) is 13.3 Å². The number of ether oxygens (including phenoxy) is 2. The van der Waals surface area contributed by atoms with Crippen LogP contribution < -0.4 is 4.74 Å². The highest BCUT2D eigenvalue weighted by Crippen LogP contribution is 2.14. The molecule has 0 aliphatic rings. The van der Waals surface area contributed by atoms with Crippen LogP contribution in [0.15, 0.2) is 18.3 Å². The van der Waals surface area contributed by atoms with E-state index < -0.39 is 0 Å². The summed E-state index contributed by atoms with van der Waals surface area (Å²) in [6.07, 6.45) is 2.64. The lowest BCUT2D eigenvalue weighted by atomic mass is 10.3. The largest absolute Gasteiger partial charge is 0.466 e. The molecule has 1 aromatic rings. The molecule has 0 saturated carbocycles. The Morgan fingerprint density at radius 2 is 2.33 bits per heavy atom. The van der Waals surface area contributed by atoms with Crippen molar-refractivity contribution < 1.29 is 9.47 Å². The summed E-state index contributed by atoms with van der Waals surface area (Å²) in [7, 11) is 1.60. The van der Waals surface area contributed by atoms with Gasteiger partial charge in [0, 0.05) is 13.3 Å². The number of rotatable bonds is 4. The smallest absolute Gasteiger partial charge is 0.188 e. The molecule has 0 unspecified atom stereocenters. The van der Waals surface area contributed by atoms with Gasteiger partial charge in [0.25, 0.3) is 0 Å². The number of nitrogens with zero attached hydrogens (tertiary/aromatic N) is 1. The summed E-state index contributed by atoms with van der Waals surface area (Å²) in [4.78, 5) is 4.17. The van der Waals surface area contributed by atoms with Gasteiger partial charge in [-0.3, -0.25) is 4.98 Å². The molecule has 0 radical (unpaired) electrons. The average Bonchev–Trinajstić information content (AvgIpc) is 2.15. The van der Waals surface area contributed by atoms with Crippen molar-refractivity contribution in [3.8, 4) is 5.75 Å². The molecule has 3 nitrogen and oxygen atoms in total. The molecule has 1 rings (SSSR count). The van der Waals surface area contributed by atoms with Crippen molar-refractivity contribution in [2.75, 3.05) is 13.9 Å². The van der Waals surface area contributed by atoms with Crippen LogP contribution in [0.5, 0.6) is 5.75 Å². The standard InChI is InChI=1S/C9H13NO2/c1-3-8-9(12-7-11-2)5-4-6-10-8/h4-6H,3,7H2,1-2H3. The molecular formula is C9H13NO2. The Hall–Kier alpha value is -1.09. The third-order valence-electron chi connectivity index (χ3n) is 1.52. The number of hydrogen-bond donors (Lipinski definition) is 0. The number of pyridine rings is 1. The Balaban J connectivity index is 2.68. The first-order chi connectivity index (χ1) is 5.88. The van der Waals surface area contributed by atoms with E-state index in [9.17, 15) is 0 Å². The van der Waals surface area contributed by atoms with E-state index in [2.05, 4.69) is 4.98 Å². The number of methoxy groups -OCH3 is 1. The van der Waals surface area contributed by atoms with E-state index in [1.54, 1.807) is 13.3 Å². The molecule has 66 valence electrons. The average molecular weight is 167 g/mol. The van der Waals surface area contributed by atoms with Crippen molar-refractivity contribution >= 4 is 0 Å². The predicted octanol–water partition coefficient (Wildman–Crippen LogP) is 1.63. The van der Waals surface area contributed by atoms with Crippen LogP contribution in [-0.2, 0) is 11.2 Å². The van der Waals surface area contributed by atoms with Gasteiger partial charge in [0.05, 0.1) is 5.69 Å². The summed E-state index contributed by atoms with van der Waals surface area (Å²) in [6.45, 7) is 2.32. The molecular weight excluding hydrogens is 154 g/mol. The lowest BCUT2D eigenvalue weighted by molar-refractivity contribution is 0.0501. The maximum absolute atomic E-state index is 5.29. The van der Waals surface area contributed by atoms with E-state index in [-0.39, 0.29) is 6.79 Å². The molecule has 0 fully saturated rings. The van der Waals surface area contributed by atoms with E-state index in [0.29, 0.717) is 0 Å². The minimum absolute atomic E-state index is 0.276. The van der Waals surface area contributed by atoms with Gasteiger partial charge in [-0.1, -0.05) is 6.92 Å². The van der Waals surface area contributed by atoms with Gasteiger partial charge in [-0.15, -0.1) is 0 Å². The van der Waals surface area contributed by atoms with Crippen molar-refractivity contribution in [1.82, 2.24) is 4.98 Å². The minimum Gasteiger partial charge on any atom is -0.466 e. The van der Waals surface area contributed by atoms with E-state index in [4.69, 9.17) is 9.47 Å². The van der Waals surface area contributed by atoms with E-state index in [0.717, 1.165) is 17.9 Å². The van der Waals surface area contributed by atoms with Gasteiger partial charge in [0.15, 0.2) is 6.79 Å². The summed E-state index contributed by atoms with van der Waals surface area (Å²) in [6, 6.07) is 3.75. The van der Waals surface area contributed by atoms with Crippen LogP contribution in [0.3, 0.4) is 0 Å². The zero-order valence-electron chi connectivity index (χ0n) is 7.41. The molecule has 3 heteroatoms. The van der Waals surface area contributed by atoms with E-state index in [1.807, 2.05) is 19.1 Å². The summed E-state index contributed by atoms with van der Waals surface area (Å²) in [5.74, 6) is 0.807. The summed E-state index contributed by atoms with van der Waals surface area (Å²) >= 11 is 0. The number of aromatic nitrogens is 1. The molecule has 0 aliphatic heterocycles. The highest BCUT2D eigenvalue weighted by atomic mass is 16.7. The Morgan fingerprint density at radius 3 is 3.00 bits per heavy atom. The zero-order chi connectivity index (χ0) is 8.81. The van der Waals surface area contributed by atoms with Crippen molar-refractivity contribution in [1.29, 1.82) is 0 Å². The van der Waals surface area contributed by atoms with E-state index in [1.165, 1.54) is 0 Å². The summed E-state index contributed by atoms with van der Waals surface area (Å²) in [5.41, 5.74) is 0.967. The van der Waals surface area contributed by atoms with Crippen molar-refractivity contribution in [3.05, 3.63) is 24.0 Å². The van der Waals surface area contributed by atoms with Gasteiger partial charge in [0.2, 0.25) is 0 Å². The van der Waals surface area contributed by atoms with Crippen molar-refractivity contribution in [2.24, 2.45) is 0 Å². The van der Waals surface area contributed by atoms with Gasteiger partial charge < -0.3 is 9.47 Å². The van der Waals surface area contributed by atoms with E-state index >= 15 is 0 Å². The Morgan fingerprint density at radius 1 is 1.50 bits per heavy atom. The van der Waals surface area contributed by atoms with Crippen LogP contribution in [0.2, 0.25) is 0 Å².